The summed E-state index contributed by atoms with van der Waals surface area (Å²) in [5, 5.41) is 0. The average molecular weight is 220 g/mol. The van der Waals surface area contributed by atoms with E-state index in [1.165, 1.54) is 0 Å². The first kappa shape index (κ1) is 10.2. The van der Waals surface area contributed by atoms with Gasteiger partial charge in [-0.05, 0) is 18.3 Å². The largest absolute Gasteiger partial charge is 0.347 e. The molecular formula is C13H16O3. The molecule has 86 valence electrons. The van der Waals surface area contributed by atoms with Crippen molar-refractivity contribution in [2.24, 2.45) is 23.7 Å². The molecule has 0 spiro atoms. The Bertz CT molecular complexity index is 379. The van der Waals surface area contributed by atoms with E-state index >= 15 is 0 Å². The lowest BCUT2D eigenvalue weighted by Gasteiger charge is -2.50. The van der Waals surface area contributed by atoms with Gasteiger partial charge in [0.1, 0.15) is 0 Å². The maximum absolute atomic E-state index is 12.4. The predicted octanol–water partition coefficient (Wildman–Crippen LogP) is 1.55. The van der Waals surface area contributed by atoms with Gasteiger partial charge < -0.3 is 9.47 Å². The lowest BCUT2D eigenvalue weighted by molar-refractivity contribution is -0.246. The van der Waals surface area contributed by atoms with E-state index in [0.717, 1.165) is 6.42 Å². The Balaban J connectivity index is 2.08. The van der Waals surface area contributed by atoms with Gasteiger partial charge in [0.25, 0.3) is 0 Å². The third-order valence-electron chi connectivity index (χ3n) is 4.35. The lowest BCUT2D eigenvalue weighted by atomic mass is 9.60. The number of hydrogen-bond acceptors (Lipinski definition) is 3. The smallest absolute Gasteiger partial charge is 0.235 e. The van der Waals surface area contributed by atoms with Crippen molar-refractivity contribution in [3.05, 3.63) is 24.3 Å². The molecule has 0 aromatic carbocycles. The van der Waals surface area contributed by atoms with E-state index in [0.29, 0.717) is 11.8 Å². The molecule has 0 aromatic rings. The summed E-state index contributed by atoms with van der Waals surface area (Å²) in [6, 6.07) is 0. The van der Waals surface area contributed by atoms with Crippen molar-refractivity contribution in [3.8, 4) is 0 Å². The quantitative estimate of drug-likeness (QED) is 0.523. The topological polar surface area (TPSA) is 35.5 Å². The third kappa shape index (κ3) is 0.980. The molecule has 0 unspecified atom stereocenters. The minimum atomic E-state index is -1.04. The molecule has 0 heterocycles. The van der Waals surface area contributed by atoms with Gasteiger partial charge in [0.15, 0.2) is 5.78 Å². The zero-order valence-electron chi connectivity index (χ0n) is 9.55. The molecule has 1 saturated carbocycles. The molecule has 0 N–H and O–H groups in total. The van der Waals surface area contributed by atoms with Crippen LogP contribution in [-0.4, -0.2) is 25.8 Å². The number of allylic oxidation sites excluding steroid dienone is 3. The van der Waals surface area contributed by atoms with Gasteiger partial charge in [0.05, 0.1) is 0 Å². The van der Waals surface area contributed by atoms with Crippen molar-refractivity contribution >= 4 is 5.78 Å². The van der Waals surface area contributed by atoms with Gasteiger partial charge in [-0.15, -0.1) is 0 Å². The van der Waals surface area contributed by atoms with Crippen LogP contribution in [0.4, 0.5) is 0 Å². The zero-order chi connectivity index (χ0) is 11.3. The molecule has 4 atom stereocenters. The number of fused-ring (bicyclic) bond motifs is 1. The van der Waals surface area contributed by atoms with Crippen LogP contribution >= 0.6 is 0 Å². The minimum absolute atomic E-state index is 0.0556. The summed E-state index contributed by atoms with van der Waals surface area (Å²) < 4.78 is 10.9. The Hall–Kier alpha value is -0.930. The molecular weight excluding hydrogens is 204 g/mol. The van der Waals surface area contributed by atoms with Crippen LogP contribution in [0.1, 0.15) is 6.42 Å². The van der Waals surface area contributed by atoms with Crippen molar-refractivity contribution in [3.63, 3.8) is 0 Å². The van der Waals surface area contributed by atoms with Gasteiger partial charge in [-0.1, -0.05) is 24.3 Å². The van der Waals surface area contributed by atoms with E-state index in [2.05, 4.69) is 18.2 Å². The number of methoxy groups -OCH3 is 2. The van der Waals surface area contributed by atoms with E-state index in [-0.39, 0.29) is 17.6 Å². The fraction of sp³-hybridized carbons (Fsp3) is 0.615. The van der Waals surface area contributed by atoms with Gasteiger partial charge >= 0.3 is 0 Å². The monoisotopic (exact) mass is 220 g/mol. The molecule has 2 bridgehead atoms. The van der Waals surface area contributed by atoms with Gasteiger partial charge in [-0.25, -0.2) is 0 Å². The number of carbonyl (C=O) groups is 1. The van der Waals surface area contributed by atoms with Crippen LogP contribution < -0.4 is 0 Å². The number of carbonyl (C=O) groups excluding carboxylic acids is 1. The number of ether oxygens (including phenoxy) is 2. The number of rotatable bonds is 2. The highest BCUT2D eigenvalue weighted by Gasteiger charge is 2.61. The van der Waals surface area contributed by atoms with E-state index in [9.17, 15) is 4.79 Å². The standard InChI is InChI=1S/C13H16O3/c1-15-13(16-2)11-7-6-10(12(13)14)8-4-3-5-9(8)11/h3-4,6-11H,5H2,1-2H3/t8-,9+,10-,11+/m0/s1. The summed E-state index contributed by atoms with van der Waals surface area (Å²) in [5.41, 5.74) is 0. The number of Topliss-reactive ketones (excluding diaryl/α,β-unsaturated/α-hetero) is 1. The highest BCUT2D eigenvalue weighted by atomic mass is 16.7. The molecule has 0 radical (unpaired) electrons. The van der Waals surface area contributed by atoms with Crippen LogP contribution in [0.2, 0.25) is 0 Å². The van der Waals surface area contributed by atoms with E-state index in [1.807, 2.05) is 6.08 Å². The summed E-state index contributed by atoms with van der Waals surface area (Å²) in [6.45, 7) is 0. The van der Waals surface area contributed by atoms with Gasteiger partial charge in [0, 0.05) is 26.1 Å². The fourth-order valence-corrected chi connectivity index (χ4v) is 3.60. The lowest BCUT2D eigenvalue weighted by Crippen LogP contribution is -2.61. The molecule has 4 aliphatic rings. The highest BCUT2D eigenvalue weighted by molar-refractivity contribution is 5.93. The maximum Gasteiger partial charge on any atom is 0.235 e. The Labute approximate surface area is 95.1 Å². The van der Waals surface area contributed by atoms with Gasteiger partial charge in [-0.2, -0.15) is 0 Å². The summed E-state index contributed by atoms with van der Waals surface area (Å²) in [6.07, 6.45) is 9.52. The highest BCUT2D eigenvalue weighted by Crippen LogP contribution is 2.53. The third-order valence-corrected chi connectivity index (χ3v) is 4.35. The zero-order valence-corrected chi connectivity index (χ0v) is 9.55. The summed E-state index contributed by atoms with van der Waals surface area (Å²) in [7, 11) is 3.13. The van der Waals surface area contributed by atoms with Crippen molar-refractivity contribution < 1.29 is 14.3 Å². The second kappa shape index (κ2) is 3.28. The van der Waals surface area contributed by atoms with Crippen LogP contribution in [0.5, 0.6) is 0 Å². The summed E-state index contributed by atoms with van der Waals surface area (Å²) in [5.74, 6) is -0.132. The van der Waals surface area contributed by atoms with Crippen molar-refractivity contribution in [1.29, 1.82) is 0 Å². The van der Waals surface area contributed by atoms with E-state index < -0.39 is 5.79 Å². The first-order valence-electron chi connectivity index (χ1n) is 5.74. The molecule has 3 heteroatoms. The van der Waals surface area contributed by atoms with Gasteiger partial charge in [0.2, 0.25) is 5.79 Å². The second-order valence-corrected chi connectivity index (χ2v) is 4.78. The van der Waals surface area contributed by atoms with Crippen LogP contribution in [-0.2, 0) is 14.3 Å². The van der Waals surface area contributed by atoms with Crippen molar-refractivity contribution in [2.75, 3.05) is 14.2 Å². The SMILES string of the molecule is COC1(OC)C(=O)[C@H]2C=C[C@@H]1[C@@H]1CC=C[C@@H]12. The molecule has 4 aliphatic carbocycles. The maximum atomic E-state index is 12.4. The van der Waals surface area contributed by atoms with Crippen molar-refractivity contribution in [1.82, 2.24) is 0 Å². The molecule has 0 aliphatic heterocycles. The Morgan fingerprint density at radius 3 is 2.69 bits per heavy atom. The summed E-state index contributed by atoms with van der Waals surface area (Å²) >= 11 is 0. The van der Waals surface area contributed by atoms with Crippen molar-refractivity contribution in [2.45, 2.75) is 12.2 Å². The predicted molar refractivity (Wildman–Crippen MR) is 58.6 cm³/mol. The average Bonchev–Trinajstić information content (AvgIpc) is 2.80. The van der Waals surface area contributed by atoms with Crippen LogP contribution in [0.3, 0.4) is 0 Å². The molecule has 0 aromatic heterocycles. The van der Waals surface area contributed by atoms with Gasteiger partial charge in [-0.3, -0.25) is 4.79 Å². The van der Waals surface area contributed by atoms with Crippen LogP contribution in [0.15, 0.2) is 24.3 Å². The fourth-order valence-electron chi connectivity index (χ4n) is 3.60. The Morgan fingerprint density at radius 1 is 1.25 bits per heavy atom. The molecule has 0 saturated heterocycles. The molecule has 16 heavy (non-hydrogen) atoms. The molecule has 3 nitrogen and oxygen atoms in total. The number of hydrogen-bond donors (Lipinski definition) is 0. The first-order chi connectivity index (χ1) is 7.74. The Morgan fingerprint density at radius 2 is 2.00 bits per heavy atom. The van der Waals surface area contributed by atoms with E-state index in [4.69, 9.17) is 9.47 Å². The second-order valence-electron chi connectivity index (χ2n) is 4.78. The molecule has 4 rings (SSSR count). The first-order valence-corrected chi connectivity index (χ1v) is 5.74. The van der Waals surface area contributed by atoms with E-state index in [1.54, 1.807) is 14.2 Å². The molecule has 0 amide bonds. The normalized spacial score (nSPS) is 42.8. The van der Waals surface area contributed by atoms with Crippen LogP contribution in [0, 0.1) is 23.7 Å². The number of ketones is 1. The van der Waals surface area contributed by atoms with Crippen LogP contribution in [0.25, 0.3) is 0 Å². The molecule has 1 fully saturated rings. The summed E-state index contributed by atoms with van der Waals surface area (Å²) in [4.78, 5) is 12.4. The minimum Gasteiger partial charge on any atom is -0.347 e. The Kier molecular flexibility index (Phi) is 2.10.